The SMILES string of the molecule is C#CCNC1=NC(=O)SC1=CC1CCN(Cc2ccccc2S(F)(F)(F)(F)F)CC1. The van der Waals surface area contributed by atoms with Crippen molar-refractivity contribution in [1.82, 2.24) is 10.2 Å². The lowest BCUT2D eigenvalue weighted by atomic mass is 9.96. The van der Waals surface area contributed by atoms with E-state index in [0.29, 0.717) is 42.7 Å². The number of rotatable bonds is 5. The summed E-state index contributed by atoms with van der Waals surface area (Å²) < 4.78 is 66.6. The minimum Gasteiger partial charge on any atom is -0.358 e. The summed E-state index contributed by atoms with van der Waals surface area (Å²) in [5.74, 6) is 2.93. The van der Waals surface area contributed by atoms with Crippen molar-refractivity contribution in [1.29, 1.82) is 0 Å². The molecule has 0 aromatic heterocycles. The molecule has 2 aliphatic rings. The second-order valence-corrected chi connectivity index (χ2v) is 10.5. The van der Waals surface area contributed by atoms with Crippen LogP contribution >= 0.6 is 22.0 Å². The zero-order valence-corrected chi connectivity index (χ0v) is 17.4. The highest BCUT2D eigenvalue weighted by molar-refractivity contribution is 8.45. The minimum atomic E-state index is -9.75. The molecule has 0 radical (unpaired) electrons. The highest BCUT2D eigenvalue weighted by atomic mass is 32.5. The quantitative estimate of drug-likeness (QED) is 0.433. The van der Waals surface area contributed by atoms with Crippen LogP contribution in [0.5, 0.6) is 0 Å². The molecule has 1 aromatic rings. The van der Waals surface area contributed by atoms with Crippen LogP contribution in [0, 0.1) is 18.3 Å². The van der Waals surface area contributed by atoms with E-state index in [1.807, 2.05) is 6.08 Å². The monoisotopic (exact) mass is 465 g/mol. The van der Waals surface area contributed by atoms with E-state index >= 15 is 0 Å². The van der Waals surface area contributed by atoms with E-state index in [-0.39, 0.29) is 24.2 Å². The number of hydrogen-bond acceptors (Lipinski definition) is 4. The molecule has 0 aliphatic carbocycles. The van der Waals surface area contributed by atoms with Crippen LogP contribution in [0.1, 0.15) is 18.4 Å². The van der Waals surface area contributed by atoms with E-state index in [1.165, 1.54) is 6.07 Å². The van der Waals surface area contributed by atoms with Gasteiger partial charge >= 0.3 is 15.5 Å². The highest BCUT2D eigenvalue weighted by Crippen LogP contribution is 3.02. The second kappa shape index (κ2) is 7.59. The Morgan fingerprint density at radius 2 is 1.90 bits per heavy atom. The maximum Gasteiger partial charge on any atom is 0.311 e. The van der Waals surface area contributed by atoms with E-state index in [9.17, 15) is 24.2 Å². The van der Waals surface area contributed by atoms with Gasteiger partial charge in [0.25, 0.3) is 0 Å². The number of halogens is 5. The first-order chi connectivity index (χ1) is 13.9. The van der Waals surface area contributed by atoms with Crippen LogP contribution < -0.4 is 5.32 Å². The lowest BCUT2D eigenvalue weighted by Crippen LogP contribution is -2.33. The third-order valence-electron chi connectivity index (χ3n) is 4.79. The van der Waals surface area contributed by atoms with Gasteiger partial charge in [-0.2, -0.15) is 4.99 Å². The molecular weight excluding hydrogens is 445 g/mol. The van der Waals surface area contributed by atoms with Gasteiger partial charge in [0.15, 0.2) is 0 Å². The second-order valence-electron chi connectivity index (χ2n) is 7.11. The van der Waals surface area contributed by atoms with Gasteiger partial charge in [-0.25, -0.2) is 0 Å². The van der Waals surface area contributed by atoms with Crippen LogP contribution in [0.15, 0.2) is 45.1 Å². The summed E-state index contributed by atoms with van der Waals surface area (Å²) in [5, 5.41) is 2.55. The predicted molar refractivity (Wildman–Crippen MR) is 111 cm³/mol. The van der Waals surface area contributed by atoms with Crippen LogP contribution in [-0.4, -0.2) is 35.6 Å². The summed E-state index contributed by atoms with van der Waals surface area (Å²) in [7, 11) is -9.75. The Bertz CT molecular complexity index is 946. The van der Waals surface area contributed by atoms with Crippen molar-refractivity contribution >= 4 is 33.1 Å². The topological polar surface area (TPSA) is 44.7 Å². The number of carbonyl (C=O) groups is 1. The zero-order chi connectivity index (χ0) is 22.1. The number of benzene rings is 1. The lowest BCUT2D eigenvalue weighted by molar-refractivity contribution is 0.193. The van der Waals surface area contributed by atoms with Gasteiger partial charge in [0.05, 0.1) is 11.4 Å². The number of nitrogens with one attached hydrogen (secondary N) is 1. The summed E-state index contributed by atoms with van der Waals surface area (Å²) >= 11 is 0.994. The molecule has 30 heavy (non-hydrogen) atoms. The summed E-state index contributed by atoms with van der Waals surface area (Å²) in [6, 6.07) is 3.86. The molecular formula is C19H20F5N3OS2. The number of likely N-dealkylation sites (tertiary alicyclic amines) is 1. The van der Waals surface area contributed by atoms with Gasteiger partial charge in [-0.1, -0.05) is 49.6 Å². The molecule has 1 aromatic carbocycles. The molecule has 2 heterocycles. The molecule has 164 valence electrons. The van der Waals surface area contributed by atoms with Gasteiger partial charge in [-0.05, 0) is 55.2 Å². The van der Waals surface area contributed by atoms with Gasteiger partial charge in [0.2, 0.25) is 0 Å². The summed E-state index contributed by atoms with van der Waals surface area (Å²) in [5.41, 5.74) is -0.418. The molecule has 3 rings (SSSR count). The Morgan fingerprint density at radius 1 is 1.23 bits per heavy atom. The summed E-state index contributed by atoms with van der Waals surface area (Å²) in [4.78, 5) is 16.0. The molecule has 0 unspecified atom stereocenters. The van der Waals surface area contributed by atoms with Crippen molar-refractivity contribution in [2.75, 3.05) is 19.6 Å². The molecule has 2 aliphatic heterocycles. The number of thioether (sulfide) groups is 1. The van der Waals surface area contributed by atoms with E-state index in [2.05, 4.69) is 16.2 Å². The Hall–Kier alpha value is -2.03. The Balaban J connectivity index is 1.65. The molecule has 0 bridgehead atoms. The third kappa shape index (κ3) is 5.77. The first-order valence-corrected chi connectivity index (χ1v) is 11.9. The fraction of sp³-hybridized carbons (Fsp3) is 0.368. The van der Waals surface area contributed by atoms with Crippen LogP contribution in [-0.2, 0) is 6.54 Å². The number of amides is 1. The maximum absolute atomic E-state index is 13.3. The predicted octanol–water partition coefficient (Wildman–Crippen LogP) is 5.93. The average molecular weight is 466 g/mol. The fourth-order valence-electron chi connectivity index (χ4n) is 3.43. The molecule has 0 saturated carbocycles. The smallest absolute Gasteiger partial charge is 0.311 e. The number of aliphatic imine (C=N–C) groups is 1. The first kappa shape index (κ1) is 22.7. The summed E-state index contributed by atoms with van der Waals surface area (Å²) in [6.45, 7) is 0.931. The van der Waals surface area contributed by atoms with Crippen LogP contribution in [0.4, 0.5) is 24.2 Å². The van der Waals surface area contributed by atoms with Crippen molar-refractivity contribution in [2.24, 2.45) is 10.9 Å². The largest absolute Gasteiger partial charge is 0.358 e. The van der Waals surface area contributed by atoms with Crippen LogP contribution in [0.25, 0.3) is 0 Å². The molecule has 1 fully saturated rings. The molecule has 1 N–H and O–H groups in total. The molecule has 4 nitrogen and oxygen atoms in total. The van der Waals surface area contributed by atoms with Gasteiger partial charge in [-0.15, -0.1) is 6.42 Å². The van der Waals surface area contributed by atoms with Gasteiger partial charge in [-0.3, -0.25) is 9.69 Å². The van der Waals surface area contributed by atoms with E-state index in [4.69, 9.17) is 6.42 Å². The summed E-state index contributed by atoms with van der Waals surface area (Å²) in [6.07, 6.45) is 8.37. The number of allylic oxidation sites excluding steroid dienone is 1. The average Bonchev–Trinajstić information content (AvgIpc) is 2.99. The number of piperidine rings is 1. The molecule has 1 amide bonds. The van der Waals surface area contributed by atoms with E-state index < -0.39 is 20.7 Å². The fourth-order valence-corrected chi connectivity index (χ4v) is 5.19. The van der Waals surface area contributed by atoms with Crippen molar-refractivity contribution in [3.8, 4) is 12.3 Å². The van der Waals surface area contributed by atoms with E-state index in [1.54, 1.807) is 4.90 Å². The van der Waals surface area contributed by atoms with Gasteiger partial charge in [0.1, 0.15) is 10.7 Å². The minimum absolute atomic E-state index is 0.0957. The van der Waals surface area contributed by atoms with Crippen LogP contribution in [0.2, 0.25) is 0 Å². The number of hydrogen-bond donors (Lipinski definition) is 1. The highest BCUT2D eigenvalue weighted by Gasteiger charge is 2.66. The normalized spacial score (nSPS) is 22.3. The van der Waals surface area contributed by atoms with E-state index in [0.717, 1.165) is 23.9 Å². The number of nitrogens with zero attached hydrogens (tertiary/aromatic N) is 2. The van der Waals surface area contributed by atoms with Crippen molar-refractivity contribution in [3.63, 3.8) is 0 Å². The molecule has 1 saturated heterocycles. The van der Waals surface area contributed by atoms with Crippen molar-refractivity contribution < 1.29 is 24.2 Å². The van der Waals surface area contributed by atoms with Crippen molar-refractivity contribution in [2.45, 2.75) is 24.3 Å². The zero-order valence-electron chi connectivity index (χ0n) is 15.8. The lowest BCUT2D eigenvalue weighted by Gasteiger charge is -2.42. The molecule has 0 atom stereocenters. The Labute approximate surface area is 175 Å². The Morgan fingerprint density at radius 3 is 2.53 bits per heavy atom. The van der Waals surface area contributed by atoms with Crippen LogP contribution in [0.3, 0.4) is 0 Å². The number of terminal acetylenes is 1. The molecule has 11 heteroatoms. The third-order valence-corrected chi connectivity index (χ3v) is 6.84. The Kier molecular flexibility index (Phi) is 5.73. The first-order valence-electron chi connectivity index (χ1n) is 9.10. The molecule has 0 spiro atoms. The number of carbonyl (C=O) groups excluding carboxylic acids is 1. The maximum atomic E-state index is 13.3. The number of amidine groups is 1. The standard InChI is InChI=1S/C19H20F5N3OS2/c1-2-9-25-18-16(29-19(28)26-18)12-14-7-10-27(11-8-14)13-15-5-3-4-6-17(15)30(20,21,22,23)24/h1,3-6,12,14H,7-11,13H2,(H,25,26,28). The van der Waals surface area contributed by atoms with Gasteiger partial charge in [0, 0.05) is 6.54 Å². The van der Waals surface area contributed by atoms with Crippen molar-refractivity contribution in [3.05, 3.63) is 40.8 Å². The van der Waals surface area contributed by atoms with Gasteiger partial charge < -0.3 is 5.32 Å².